The summed E-state index contributed by atoms with van der Waals surface area (Å²) in [7, 11) is 0. The highest BCUT2D eigenvalue weighted by atomic mass is 32.1. The van der Waals surface area contributed by atoms with Gasteiger partial charge in [-0.05, 0) is 31.2 Å². The minimum atomic E-state index is -0.245. The van der Waals surface area contributed by atoms with Crippen molar-refractivity contribution in [2.45, 2.75) is 6.92 Å². The van der Waals surface area contributed by atoms with E-state index in [9.17, 15) is 4.79 Å². The average molecular weight is 380 g/mol. The maximum atomic E-state index is 12.2. The molecule has 0 aliphatic rings. The molecule has 0 atom stereocenters. The normalized spacial score (nSPS) is 10.3. The first-order chi connectivity index (χ1) is 13.2. The lowest BCUT2D eigenvalue weighted by molar-refractivity contribution is -0.118. The fraction of sp³-hybridized carbons (Fsp3) is 0.143. The summed E-state index contributed by atoms with van der Waals surface area (Å²) in [6, 6.07) is 14.8. The highest BCUT2D eigenvalue weighted by molar-refractivity contribution is 7.09. The average Bonchev–Trinajstić information content (AvgIpc) is 3.12. The molecule has 138 valence electrons. The molecule has 1 amide bonds. The monoisotopic (exact) mass is 380 g/mol. The molecule has 0 aliphatic carbocycles. The van der Waals surface area contributed by atoms with Crippen LogP contribution in [0.1, 0.15) is 5.01 Å². The molecule has 6 heteroatoms. The third-order valence-corrected chi connectivity index (χ3v) is 4.42. The number of amides is 1. The lowest BCUT2D eigenvalue weighted by Crippen LogP contribution is -2.20. The second-order valence-corrected chi connectivity index (χ2v) is 6.77. The maximum Gasteiger partial charge on any atom is 0.262 e. The van der Waals surface area contributed by atoms with Crippen LogP contribution in [0.2, 0.25) is 0 Å². The summed E-state index contributed by atoms with van der Waals surface area (Å²) in [6.45, 7) is 5.86. The van der Waals surface area contributed by atoms with Crippen molar-refractivity contribution in [1.29, 1.82) is 0 Å². The number of ether oxygens (including phenoxy) is 2. The Morgan fingerprint density at radius 2 is 1.85 bits per heavy atom. The molecule has 0 saturated carbocycles. The number of nitrogens with zero attached hydrogens (tertiary/aromatic N) is 1. The molecule has 3 rings (SSSR count). The fourth-order valence-electron chi connectivity index (χ4n) is 2.40. The van der Waals surface area contributed by atoms with Gasteiger partial charge in [-0.3, -0.25) is 4.79 Å². The predicted octanol–water partition coefficient (Wildman–Crippen LogP) is 4.70. The van der Waals surface area contributed by atoms with Crippen LogP contribution in [0.5, 0.6) is 11.5 Å². The van der Waals surface area contributed by atoms with Crippen LogP contribution < -0.4 is 14.8 Å². The third kappa shape index (κ3) is 5.18. The number of aromatic nitrogens is 1. The molecule has 5 nitrogen and oxygen atoms in total. The van der Waals surface area contributed by atoms with E-state index in [2.05, 4.69) is 16.9 Å². The summed E-state index contributed by atoms with van der Waals surface area (Å²) in [5, 5.41) is 5.86. The van der Waals surface area contributed by atoms with Crippen LogP contribution in [-0.2, 0) is 4.79 Å². The van der Waals surface area contributed by atoms with Crippen LogP contribution in [0.25, 0.3) is 11.3 Å². The summed E-state index contributed by atoms with van der Waals surface area (Å²) in [4.78, 5) is 16.6. The van der Waals surface area contributed by atoms with Crippen molar-refractivity contribution in [3.8, 4) is 22.8 Å². The van der Waals surface area contributed by atoms with Gasteiger partial charge in [0.15, 0.2) is 18.1 Å². The number of hydrogen-bond donors (Lipinski definition) is 1. The summed E-state index contributed by atoms with van der Waals surface area (Å²) < 4.78 is 11.1. The van der Waals surface area contributed by atoms with Crippen LogP contribution >= 0.6 is 11.3 Å². The Balaban J connectivity index is 1.56. The Hall–Kier alpha value is -3.12. The number of nitrogens with one attached hydrogen (secondary N) is 1. The molecule has 1 aromatic heterocycles. The number of benzene rings is 2. The van der Waals surface area contributed by atoms with E-state index in [-0.39, 0.29) is 12.5 Å². The van der Waals surface area contributed by atoms with Crippen molar-refractivity contribution in [1.82, 2.24) is 4.98 Å². The van der Waals surface area contributed by atoms with Gasteiger partial charge in [0.2, 0.25) is 0 Å². The van der Waals surface area contributed by atoms with Gasteiger partial charge < -0.3 is 14.8 Å². The largest absolute Gasteiger partial charge is 0.486 e. The maximum absolute atomic E-state index is 12.2. The number of hydrogen-bond acceptors (Lipinski definition) is 5. The van der Waals surface area contributed by atoms with Gasteiger partial charge in [-0.15, -0.1) is 11.3 Å². The number of anilines is 1. The van der Waals surface area contributed by atoms with Crippen LogP contribution in [0.15, 0.2) is 66.6 Å². The highest BCUT2D eigenvalue weighted by Crippen LogP contribution is 2.26. The Morgan fingerprint density at radius 3 is 2.48 bits per heavy atom. The van der Waals surface area contributed by atoms with Crippen molar-refractivity contribution in [3.05, 3.63) is 71.6 Å². The van der Waals surface area contributed by atoms with E-state index < -0.39 is 0 Å². The molecular formula is C21H20N2O3S. The first kappa shape index (κ1) is 18.7. The Kier molecular flexibility index (Phi) is 6.22. The van der Waals surface area contributed by atoms with Gasteiger partial charge in [-0.25, -0.2) is 4.98 Å². The summed E-state index contributed by atoms with van der Waals surface area (Å²) >= 11 is 1.61. The first-order valence-electron chi connectivity index (χ1n) is 8.43. The zero-order valence-corrected chi connectivity index (χ0v) is 15.8. The minimum absolute atomic E-state index is 0.110. The van der Waals surface area contributed by atoms with Crippen LogP contribution in [0.4, 0.5) is 5.69 Å². The van der Waals surface area contributed by atoms with E-state index in [4.69, 9.17) is 9.47 Å². The lowest BCUT2D eigenvalue weighted by atomic mass is 10.1. The quantitative estimate of drug-likeness (QED) is 0.576. The highest BCUT2D eigenvalue weighted by Gasteiger charge is 2.08. The molecule has 0 radical (unpaired) electrons. The molecule has 0 fully saturated rings. The van der Waals surface area contributed by atoms with Gasteiger partial charge in [0.1, 0.15) is 6.61 Å². The molecule has 0 aliphatic heterocycles. The standard InChI is InChI=1S/C21H20N2O3S/c1-3-12-25-19-6-4-5-7-20(19)26-13-21(24)23-17-10-8-16(9-11-17)18-14-27-15(2)22-18/h3-11,14H,1,12-13H2,2H3,(H,23,24). The molecule has 1 N–H and O–H groups in total. The second-order valence-electron chi connectivity index (χ2n) is 5.71. The smallest absolute Gasteiger partial charge is 0.262 e. The number of carbonyl (C=O) groups is 1. The van der Waals surface area contributed by atoms with Crippen molar-refractivity contribution < 1.29 is 14.3 Å². The molecule has 0 unspecified atom stereocenters. The van der Waals surface area contributed by atoms with E-state index in [1.807, 2.05) is 48.7 Å². The van der Waals surface area contributed by atoms with E-state index in [1.165, 1.54) is 0 Å². The minimum Gasteiger partial charge on any atom is -0.486 e. The molecular weight excluding hydrogens is 360 g/mol. The van der Waals surface area contributed by atoms with E-state index >= 15 is 0 Å². The van der Waals surface area contributed by atoms with Gasteiger partial charge in [0.25, 0.3) is 5.91 Å². The van der Waals surface area contributed by atoms with Gasteiger partial charge in [0, 0.05) is 16.6 Å². The topological polar surface area (TPSA) is 60.5 Å². The number of carbonyl (C=O) groups excluding carboxylic acids is 1. The van der Waals surface area contributed by atoms with Crippen LogP contribution in [0, 0.1) is 6.92 Å². The van der Waals surface area contributed by atoms with Gasteiger partial charge >= 0.3 is 0 Å². The van der Waals surface area contributed by atoms with Gasteiger partial charge in [-0.2, -0.15) is 0 Å². The Bertz CT molecular complexity index is 919. The van der Waals surface area contributed by atoms with Crippen molar-refractivity contribution in [3.63, 3.8) is 0 Å². The SMILES string of the molecule is C=CCOc1ccccc1OCC(=O)Nc1ccc(-c2csc(C)n2)cc1. The van der Waals surface area contributed by atoms with Crippen molar-refractivity contribution in [2.75, 3.05) is 18.5 Å². The lowest BCUT2D eigenvalue weighted by Gasteiger charge is -2.12. The van der Waals surface area contributed by atoms with E-state index in [0.717, 1.165) is 16.3 Å². The number of rotatable bonds is 8. The zero-order chi connectivity index (χ0) is 19.1. The van der Waals surface area contributed by atoms with Gasteiger partial charge in [0.05, 0.1) is 10.7 Å². The molecule has 27 heavy (non-hydrogen) atoms. The summed E-state index contributed by atoms with van der Waals surface area (Å²) in [5.41, 5.74) is 2.66. The molecule has 0 saturated heterocycles. The van der Waals surface area contributed by atoms with Gasteiger partial charge in [-0.1, -0.05) is 36.9 Å². The first-order valence-corrected chi connectivity index (χ1v) is 9.31. The second kappa shape index (κ2) is 9.00. The van der Waals surface area contributed by atoms with E-state index in [1.54, 1.807) is 29.5 Å². The number of thiazole rings is 1. The Morgan fingerprint density at radius 1 is 1.15 bits per heavy atom. The predicted molar refractivity (Wildman–Crippen MR) is 109 cm³/mol. The fourth-order valence-corrected chi connectivity index (χ4v) is 3.02. The van der Waals surface area contributed by atoms with Crippen LogP contribution in [-0.4, -0.2) is 24.1 Å². The zero-order valence-electron chi connectivity index (χ0n) is 15.0. The summed E-state index contributed by atoms with van der Waals surface area (Å²) in [6.07, 6.45) is 1.65. The Labute approximate surface area is 162 Å². The van der Waals surface area contributed by atoms with Crippen molar-refractivity contribution in [2.24, 2.45) is 0 Å². The van der Waals surface area contributed by atoms with Crippen molar-refractivity contribution >= 4 is 22.9 Å². The van der Waals surface area contributed by atoms with Crippen LogP contribution in [0.3, 0.4) is 0 Å². The summed E-state index contributed by atoms with van der Waals surface area (Å²) in [5.74, 6) is 0.850. The van der Waals surface area contributed by atoms with E-state index in [0.29, 0.717) is 23.8 Å². The molecule has 3 aromatic rings. The molecule has 2 aromatic carbocycles. The molecule has 1 heterocycles. The molecule has 0 spiro atoms. The third-order valence-electron chi connectivity index (χ3n) is 3.65. The number of aryl methyl sites for hydroxylation is 1. The number of para-hydroxylation sites is 2. The molecule has 0 bridgehead atoms.